The number of fused-ring (bicyclic) bond motifs is 8. The lowest BCUT2D eigenvalue weighted by atomic mass is 9.91. The Morgan fingerprint density at radius 2 is 0.731 bits per heavy atom. The third kappa shape index (κ3) is 6.89. The Morgan fingerprint density at radius 1 is 0.313 bits per heavy atom. The molecule has 10 aromatic rings. The molecule has 0 fully saturated rings. The summed E-state index contributed by atoms with van der Waals surface area (Å²) in [6, 6.07) is 85.3. The van der Waals surface area contributed by atoms with Gasteiger partial charge in [-0.3, -0.25) is 0 Å². The fraction of sp³-hybridized carbons (Fsp3) is 0.111. The van der Waals surface area contributed by atoms with Gasteiger partial charge in [0, 0.05) is 38.5 Å². The van der Waals surface area contributed by atoms with Gasteiger partial charge in [0.1, 0.15) is 0 Å². The fourth-order valence-corrected chi connectivity index (χ4v) is 25.1. The SMILES string of the molecule is C[Si](C)(C)C1([Si](C)(C)C)c2cc(N(c3ccccc3)c3ccccc3-c3ccccc3)ccc2-c2c1c1ccc(N(c3ccccc3)c3ccccc3-c3ccccc3)cc1c1ccccc21. The van der Waals surface area contributed by atoms with E-state index in [4.69, 9.17) is 0 Å². The summed E-state index contributed by atoms with van der Waals surface area (Å²) in [4.78, 5) is 4.96. The lowest BCUT2D eigenvalue weighted by Gasteiger charge is -2.52. The van der Waals surface area contributed by atoms with Crippen molar-refractivity contribution < 1.29 is 0 Å². The van der Waals surface area contributed by atoms with Gasteiger partial charge in [-0.2, -0.15) is 0 Å². The van der Waals surface area contributed by atoms with Crippen LogP contribution in [0, 0.1) is 0 Å². The summed E-state index contributed by atoms with van der Waals surface area (Å²) in [7, 11) is -4.30. The third-order valence-electron chi connectivity index (χ3n) is 14.3. The minimum atomic E-state index is -2.15. The number of benzene rings is 10. The van der Waals surface area contributed by atoms with Crippen LogP contribution in [0.25, 0.3) is 54.9 Å². The molecule has 0 saturated heterocycles. The molecule has 10 aromatic carbocycles. The predicted molar refractivity (Wildman–Crippen MR) is 295 cm³/mol. The zero-order valence-electron chi connectivity index (χ0n) is 39.3. The second-order valence-electron chi connectivity index (χ2n) is 20.1. The van der Waals surface area contributed by atoms with Gasteiger partial charge in [0.05, 0.1) is 27.5 Å². The van der Waals surface area contributed by atoms with Gasteiger partial charge in [0.2, 0.25) is 0 Å². The average Bonchev–Trinajstić information content (AvgIpc) is 3.69. The van der Waals surface area contributed by atoms with Crippen molar-refractivity contribution in [3.05, 3.63) is 242 Å². The molecule has 0 heterocycles. The van der Waals surface area contributed by atoms with E-state index in [0.29, 0.717) is 0 Å². The molecule has 0 bridgehead atoms. The number of hydrogen-bond acceptors (Lipinski definition) is 2. The lowest BCUT2D eigenvalue weighted by molar-refractivity contribution is 0.962. The number of anilines is 6. The zero-order valence-corrected chi connectivity index (χ0v) is 41.3. The molecule has 0 saturated carbocycles. The van der Waals surface area contributed by atoms with Crippen LogP contribution < -0.4 is 9.80 Å². The molecular weight excluding hydrogens is 841 g/mol. The van der Waals surface area contributed by atoms with E-state index in [2.05, 4.69) is 280 Å². The molecule has 0 spiro atoms. The van der Waals surface area contributed by atoms with Crippen molar-refractivity contribution in [3.8, 4) is 33.4 Å². The summed E-state index contributed by atoms with van der Waals surface area (Å²) in [5, 5.41) is 5.31. The Morgan fingerprint density at radius 3 is 1.24 bits per heavy atom. The van der Waals surface area contributed by atoms with Crippen LogP contribution in [0.4, 0.5) is 34.1 Å². The highest BCUT2D eigenvalue weighted by atomic mass is 28.4. The van der Waals surface area contributed by atoms with Crippen molar-refractivity contribution in [2.45, 2.75) is 43.9 Å². The van der Waals surface area contributed by atoms with E-state index in [1.807, 2.05) is 0 Å². The first-order valence-electron chi connectivity index (χ1n) is 23.7. The van der Waals surface area contributed by atoms with Gasteiger partial charge in [0.15, 0.2) is 0 Å². The molecule has 0 unspecified atom stereocenters. The van der Waals surface area contributed by atoms with Crippen LogP contribution in [-0.2, 0) is 4.66 Å². The Bertz CT molecular complexity index is 3410. The predicted octanol–water partition coefficient (Wildman–Crippen LogP) is 18.3. The van der Waals surface area contributed by atoms with E-state index in [0.717, 1.165) is 22.7 Å². The molecule has 11 rings (SSSR count). The average molecular weight is 897 g/mol. The molecule has 0 N–H and O–H groups in total. The number of para-hydroxylation sites is 4. The van der Waals surface area contributed by atoms with E-state index in [1.165, 1.54) is 71.9 Å². The standard InChI is InChI=1S/C63H56N2Si2/c1-66(2,3)63(67(4,5)6)58-44-50(65(48-31-17-10-18-32-48)60-38-24-22-34-52(60)46-27-13-8-14-28-46)40-42-56(58)61-54-36-20-19-35-53(54)57-43-49(39-41-55(57)62(61)63)64(47-29-15-9-16-30-47)59-37-23-21-33-51(59)45-25-11-7-12-26-45/h7-44H,1-6H3. The first-order chi connectivity index (χ1) is 32.6. The lowest BCUT2D eigenvalue weighted by Crippen LogP contribution is -2.63. The topological polar surface area (TPSA) is 6.48 Å². The van der Waals surface area contributed by atoms with E-state index >= 15 is 0 Å². The molecule has 2 nitrogen and oxygen atoms in total. The third-order valence-corrected chi connectivity index (χ3v) is 24.4. The van der Waals surface area contributed by atoms with Crippen molar-refractivity contribution in [1.29, 1.82) is 0 Å². The maximum atomic E-state index is 2.64. The molecule has 0 radical (unpaired) electrons. The van der Waals surface area contributed by atoms with Crippen LogP contribution in [-0.4, -0.2) is 16.1 Å². The molecule has 0 aromatic heterocycles. The van der Waals surface area contributed by atoms with Crippen LogP contribution in [0.2, 0.25) is 39.3 Å². The first kappa shape index (κ1) is 42.4. The summed E-state index contributed by atoms with van der Waals surface area (Å²) in [5.41, 5.74) is 17.6. The van der Waals surface area contributed by atoms with Crippen LogP contribution in [0.3, 0.4) is 0 Å². The summed E-state index contributed by atoms with van der Waals surface area (Å²) < 4.78 is -0.134. The van der Waals surface area contributed by atoms with Crippen LogP contribution in [0.15, 0.2) is 231 Å². The minimum Gasteiger partial charge on any atom is -0.310 e. The summed E-state index contributed by atoms with van der Waals surface area (Å²) in [5.74, 6) is 0. The molecule has 0 aliphatic heterocycles. The Hall–Kier alpha value is -7.25. The molecule has 1 aliphatic carbocycles. The minimum absolute atomic E-state index is 0.134. The van der Waals surface area contributed by atoms with Gasteiger partial charge in [-0.25, -0.2) is 0 Å². The highest BCUT2D eigenvalue weighted by Gasteiger charge is 2.60. The molecule has 0 atom stereocenters. The quantitative estimate of drug-likeness (QED) is 0.0997. The highest BCUT2D eigenvalue weighted by Crippen LogP contribution is 2.63. The molecule has 0 amide bonds. The van der Waals surface area contributed by atoms with Crippen LogP contribution >= 0.6 is 0 Å². The van der Waals surface area contributed by atoms with Crippen molar-refractivity contribution in [2.24, 2.45) is 0 Å². The second kappa shape index (κ2) is 16.6. The summed E-state index contributed by atoms with van der Waals surface area (Å²) in [6.45, 7) is 15.9. The van der Waals surface area contributed by atoms with Crippen molar-refractivity contribution in [3.63, 3.8) is 0 Å². The molecule has 4 heteroatoms. The van der Waals surface area contributed by atoms with E-state index in [1.54, 1.807) is 5.56 Å². The number of nitrogens with zero attached hydrogens (tertiary/aromatic N) is 2. The monoisotopic (exact) mass is 896 g/mol. The normalized spacial score (nSPS) is 13.0. The van der Waals surface area contributed by atoms with Crippen molar-refractivity contribution >= 4 is 71.8 Å². The van der Waals surface area contributed by atoms with Gasteiger partial charge < -0.3 is 9.80 Å². The Balaban J connectivity index is 1.19. The fourth-order valence-electron chi connectivity index (χ4n) is 12.1. The number of hydrogen-bond donors (Lipinski definition) is 0. The zero-order chi connectivity index (χ0) is 45.9. The van der Waals surface area contributed by atoms with Gasteiger partial charge in [-0.15, -0.1) is 0 Å². The number of rotatable bonds is 10. The van der Waals surface area contributed by atoms with Gasteiger partial charge in [-0.05, 0) is 116 Å². The first-order valence-corrected chi connectivity index (χ1v) is 30.7. The smallest absolute Gasteiger partial charge is 0.0579 e. The molecular formula is C63H56N2Si2. The van der Waals surface area contributed by atoms with Gasteiger partial charge in [0.25, 0.3) is 0 Å². The van der Waals surface area contributed by atoms with Crippen molar-refractivity contribution in [2.75, 3.05) is 9.80 Å². The summed E-state index contributed by atoms with van der Waals surface area (Å²) >= 11 is 0. The summed E-state index contributed by atoms with van der Waals surface area (Å²) in [6.07, 6.45) is 0. The molecule has 67 heavy (non-hydrogen) atoms. The maximum absolute atomic E-state index is 2.64. The van der Waals surface area contributed by atoms with Crippen molar-refractivity contribution in [1.82, 2.24) is 0 Å². The molecule has 1 aliphatic rings. The second-order valence-corrected chi connectivity index (χ2v) is 31.1. The van der Waals surface area contributed by atoms with E-state index in [9.17, 15) is 0 Å². The van der Waals surface area contributed by atoms with Crippen LogP contribution in [0.5, 0.6) is 0 Å². The van der Waals surface area contributed by atoms with Crippen LogP contribution in [0.1, 0.15) is 11.1 Å². The van der Waals surface area contributed by atoms with Gasteiger partial charge in [-0.1, -0.05) is 209 Å². The Labute approximate surface area is 398 Å². The highest BCUT2D eigenvalue weighted by molar-refractivity contribution is 7.00. The largest absolute Gasteiger partial charge is 0.310 e. The molecule has 326 valence electrons. The maximum Gasteiger partial charge on any atom is 0.0579 e. The van der Waals surface area contributed by atoms with Gasteiger partial charge >= 0.3 is 0 Å². The van der Waals surface area contributed by atoms with E-state index in [-0.39, 0.29) is 4.66 Å². The van der Waals surface area contributed by atoms with E-state index < -0.39 is 16.1 Å². The Kier molecular flexibility index (Phi) is 10.5.